The van der Waals surface area contributed by atoms with Gasteiger partial charge in [-0.05, 0) is 30.9 Å². The van der Waals surface area contributed by atoms with Gasteiger partial charge in [0.25, 0.3) is 0 Å². The Labute approximate surface area is 89.4 Å². The van der Waals surface area contributed by atoms with Gasteiger partial charge in [-0.15, -0.1) is 5.73 Å². The molecule has 0 aliphatic heterocycles. The number of unbranched alkanes of at least 4 members (excludes halogenated alkanes) is 4. The highest BCUT2D eigenvalue weighted by atomic mass is 13.9. The summed E-state index contributed by atoms with van der Waals surface area (Å²) in [6.07, 6.45) is 14.9. The van der Waals surface area contributed by atoms with Crippen LogP contribution in [0, 0.1) is 5.92 Å². The minimum absolute atomic E-state index is 0.637. The zero-order valence-electron chi connectivity index (χ0n) is 9.92. The molecule has 0 heterocycles. The molecule has 0 saturated carbocycles. The molecule has 0 spiro atoms. The fraction of sp³-hybridized carbons (Fsp3) is 0.643. The highest BCUT2D eigenvalue weighted by molar-refractivity contribution is 5.03. The summed E-state index contributed by atoms with van der Waals surface area (Å²) in [5.74, 6) is 0.637. The van der Waals surface area contributed by atoms with Crippen molar-refractivity contribution in [2.45, 2.75) is 52.9 Å². The summed E-state index contributed by atoms with van der Waals surface area (Å²) in [4.78, 5) is 0. The van der Waals surface area contributed by atoms with Crippen molar-refractivity contribution in [2.75, 3.05) is 0 Å². The molecule has 0 aliphatic rings. The molecule has 0 rings (SSSR count). The highest BCUT2D eigenvalue weighted by Crippen LogP contribution is 2.02. The summed E-state index contributed by atoms with van der Waals surface area (Å²) in [6, 6.07) is 0. The molecule has 0 nitrogen and oxygen atoms in total. The molecule has 0 bridgehead atoms. The summed E-state index contributed by atoms with van der Waals surface area (Å²) >= 11 is 0. The van der Waals surface area contributed by atoms with Gasteiger partial charge in [0, 0.05) is 0 Å². The van der Waals surface area contributed by atoms with Gasteiger partial charge in [0.15, 0.2) is 0 Å². The lowest BCUT2D eigenvalue weighted by Crippen LogP contribution is -1.74. The lowest BCUT2D eigenvalue weighted by Gasteiger charge is -1.92. The van der Waals surface area contributed by atoms with E-state index in [1.54, 1.807) is 0 Å². The highest BCUT2D eigenvalue weighted by Gasteiger charge is 1.83. The van der Waals surface area contributed by atoms with E-state index < -0.39 is 0 Å². The van der Waals surface area contributed by atoms with Crippen molar-refractivity contribution in [3.63, 3.8) is 0 Å². The first-order valence-electron chi connectivity index (χ1n) is 5.85. The van der Waals surface area contributed by atoms with E-state index in [1.807, 2.05) is 6.08 Å². The Morgan fingerprint density at radius 2 is 1.93 bits per heavy atom. The van der Waals surface area contributed by atoms with Crippen LogP contribution in [0.15, 0.2) is 30.0 Å². The average molecular weight is 192 g/mol. The zero-order chi connectivity index (χ0) is 10.6. The lowest BCUT2D eigenvalue weighted by molar-refractivity contribution is 0.675. The van der Waals surface area contributed by atoms with E-state index in [2.05, 4.69) is 44.7 Å². The van der Waals surface area contributed by atoms with Gasteiger partial charge < -0.3 is 0 Å². The van der Waals surface area contributed by atoms with Crippen LogP contribution in [0.4, 0.5) is 0 Å². The third kappa shape index (κ3) is 11.3. The first kappa shape index (κ1) is 13.3. The van der Waals surface area contributed by atoms with E-state index in [0.717, 1.165) is 0 Å². The molecule has 0 aliphatic carbocycles. The number of hydrogen-bond donors (Lipinski definition) is 0. The molecule has 0 aromatic heterocycles. The SMILES string of the molecule is CCCCCCC=C=C/C=C/C(C)C. The standard InChI is InChI=1S/C14H24/c1-4-5-6-7-8-9-10-11-12-13-14(2)3/h9,11-14H,4-8H2,1-3H3/b13-12+. The van der Waals surface area contributed by atoms with E-state index in [1.165, 1.54) is 32.1 Å². The van der Waals surface area contributed by atoms with Crippen molar-refractivity contribution >= 4 is 0 Å². The van der Waals surface area contributed by atoms with Gasteiger partial charge in [0.2, 0.25) is 0 Å². The van der Waals surface area contributed by atoms with Gasteiger partial charge in [-0.2, -0.15) is 0 Å². The van der Waals surface area contributed by atoms with Crippen LogP contribution in [-0.2, 0) is 0 Å². The van der Waals surface area contributed by atoms with Gasteiger partial charge in [0.1, 0.15) is 0 Å². The van der Waals surface area contributed by atoms with Crippen molar-refractivity contribution in [3.05, 3.63) is 30.0 Å². The second-order valence-corrected chi connectivity index (χ2v) is 4.02. The van der Waals surface area contributed by atoms with Crippen molar-refractivity contribution in [3.8, 4) is 0 Å². The minimum atomic E-state index is 0.637. The smallest absolute Gasteiger partial charge is 0.0206 e. The normalized spacial score (nSPS) is 10.6. The van der Waals surface area contributed by atoms with Gasteiger partial charge in [0.05, 0.1) is 0 Å². The van der Waals surface area contributed by atoms with Crippen LogP contribution in [0.3, 0.4) is 0 Å². The summed E-state index contributed by atoms with van der Waals surface area (Å²) in [5, 5.41) is 0. The Kier molecular flexibility index (Phi) is 9.79. The third-order valence-corrected chi connectivity index (χ3v) is 2.01. The van der Waals surface area contributed by atoms with Crippen molar-refractivity contribution in [1.29, 1.82) is 0 Å². The molecule has 0 fully saturated rings. The fourth-order valence-electron chi connectivity index (χ4n) is 1.16. The van der Waals surface area contributed by atoms with Crippen LogP contribution in [-0.4, -0.2) is 0 Å². The van der Waals surface area contributed by atoms with Crippen molar-refractivity contribution in [1.82, 2.24) is 0 Å². The first-order chi connectivity index (χ1) is 6.77. The van der Waals surface area contributed by atoms with Gasteiger partial charge in [-0.25, -0.2) is 0 Å². The summed E-state index contributed by atoms with van der Waals surface area (Å²) in [7, 11) is 0. The quantitative estimate of drug-likeness (QED) is 0.306. The topological polar surface area (TPSA) is 0 Å². The lowest BCUT2D eigenvalue weighted by atomic mass is 10.1. The van der Waals surface area contributed by atoms with Gasteiger partial charge in [-0.1, -0.05) is 52.2 Å². The molecule has 0 heteroatoms. The number of hydrogen-bond acceptors (Lipinski definition) is 0. The zero-order valence-corrected chi connectivity index (χ0v) is 9.92. The monoisotopic (exact) mass is 192 g/mol. The molecular formula is C14H24. The number of rotatable bonds is 7. The van der Waals surface area contributed by atoms with Crippen LogP contribution in [0.2, 0.25) is 0 Å². The maximum Gasteiger partial charge on any atom is -0.0206 e. The molecule has 0 amide bonds. The van der Waals surface area contributed by atoms with Crippen LogP contribution in [0.1, 0.15) is 52.9 Å². The van der Waals surface area contributed by atoms with E-state index in [0.29, 0.717) is 5.92 Å². The molecule has 80 valence electrons. The van der Waals surface area contributed by atoms with Crippen LogP contribution in [0.5, 0.6) is 0 Å². The fourth-order valence-corrected chi connectivity index (χ4v) is 1.16. The Bertz CT molecular complexity index is 190. The second kappa shape index (κ2) is 10.3. The van der Waals surface area contributed by atoms with E-state index in [9.17, 15) is 0 Å². The molecule has 0 saturated heterocycles. The Morgan fingerprint density at radius 1 is 1.14 bits per heavy atom. The summed E-state index contributed by atoms with van der Waals surface area (Å²) in [6.45, 7) is 6.60. The van der Waals surface area contributed by atoms with E-state index in [-0.39, 0.29) is 0 Å². The number of allylic oxidation sites excluding steroid dienone is 3. The minimum Gasteiger partial charge on any atom is -0.125 e. The Balaban J connectivity index is 3.42. The maximum absolute atomic E-state index is 3.18. The molecule has 0 unspecified atom stereocenters. The first-order valence-corrected chi connectivity index (χ1v) is 5.85. The molecule has 0 aromatic carbocycles. The molecule has 0 N–H and O–H groups in total. The maximum atomic E-state index is 3.18. The van der Waals surface area contributed by atoms with Crippen molar-refractivity contribution < 1.29 is 0 Å². The van der Waals surface area contributed by atoms with Gasteiger partial charge >= 0.3 is 0 Å². The molecule has 0 aromatic rings. The van der Waals surface area contributed by atoms with Crippen molar-refractivity contribution in [2.24, 2.45) is 5.92 Å². The van der Waals surface area contributed by atoms with Crippen LogP contribution in [0.25, 0.3) is 0 Å². The van der Waals surface area contributed by atoms with E-state index in [4.69, 9.17) is 0 Å². The third-order valence-electron chi connectivity index (χ3n) is 2.01. The molecule has 0 atom stereocenters. The van der Waals surface area contributed by atoms with E-state index >= 15 is 0 Å². The predicted octanol–water partition coefficient (Wildman–Crippen LogP) is 4.88. The second-order valence-electron chi connectivity index (χ2n) is 4.02. The van der Waals surface area contributed by atoms with Crippen LogP contribution < -0.4 is 0 Å². The molecule has 14 heavy (non-hydrogen) atoms. The Morgan fingerprint density at radius 3 is 2.57 bits per heavy atom. The summed E-state index contributed by atoms with van der Waals surface area (Å²) in [5.41, 5.74) is 3.18. The van der Waals surface area contributed by atoms with Crippen LogP contribution >= 0.6 is 0 Å². The largest absolute Gasteiger partial charge is 0.125 e. The molecular weight excluding hydrogens is 168 g/mol. The molecule has 0 radical (unpaired) electrons. The summed E-state index contributed by atoms with van der Waals surface area (Å²) < 4.78 is 0. The van der Waals surface area contributed by atoms with Gasteiger partial charge in [-0.3, -0.25) is 0 Å². The predicted molar refractivity (Wildman–Crippen MR) is 65.4 cm³/mol. The average Bonchev–Trinajstić information content (AvgIpc) is 2.15. The Hall–Kier alpha value is -0.740.